The molecule has 0 heterocycles. The third-order valence-electron chi connectivity index (χ3n) is 12.3. The molecule has 356 valence electrons. The SMILES string of the molecule is CCCCCCCCCCCCCCCCC(=O)OC[C@@H](COC(=O)CCCCCCCCCCCCCCCC(C)C)OC(=O)CCCCCCCCCCCCCC. The van der Waals surface area contributed by atoms with Gasteiger partial charge in [-0.25, -0.2) is 0 Å². The molecule has 6 heteroatoms. The summed E-state index contributed by atoms with van der Waals surface area (Å²) < 4.78 is 16.8. The molecule has 0 bridgehead atoms. The van der Waals surface area contributed by atoms with Gasteiger partial charge in [-0.15, -0.1) is 0 Å². The van der Waals surface area contributed by atoms with Crippen molar-refractivity contribution >= 4 is 17.9 Å². The van der Waals surface area contributed by atoms with Crippen LogP contribution in [0.3, 0.4) is 0 Å². The van der Waals surface area contributed by atoms with Gasteiger partial charge in [-0.2, -0.15) is 0 Å². The summed E-state index contributed by atoms with van der Waals surface area (Å²) in [5.74, 6) is -0.00107. The number of rotatable bonds is 49. The van der Waals surface area contributed by atoms with Crippen LogP contribution in [0.5, 0.6) is 0 Å². The molecule has 0 N–H and O–H groups in total. The molecule has 0 amide bonds. The molecule has 60 heavy (non-hydrogen) atoms. The first-order valence-corrected chi connectivity index (χ1v) is 26.9. The second kappa shape index (κ2) is 48.4. The maximum Gasteiger partial charge on any atom is 0.306 e. The van der Waals surface area contributed by atoms with E-state index in [0.717, 1.165) is 63.7 Å². The Bertz CT molecular complexity index is 903. The summed E-state index contributed by atoms with van der Waals surface area (Å²) in [4.78, 5) is 38.0. The number of hydrogen-bond donors (Lipinski definition) is 0. The van der Waals surface area contributed by atoms with Gasteiger partial charge in [0.25, 0.3) is 0 Å². The Balaban J connectivity index is 4.29. The van der Waals surface area contributed by atoms with Crippen LogP contribution in [0, 0.1) is 5.92 Å². The lowest BCUT2D eigenvalue weighted by Gasteiger charge is -2.18. The summed E-state index contributed by atoms with van der Waals surface area (Å²) in [6, 6.07) is 0. The first kappa shape index (κ1) is 58.4. The standard InChI is InChI=1S/C54H104O6/c1-5-7-9-11-13-15-17-19-22-26-29-33-37-41-45-52(55)58-48-51(60-54(57)47-43-39-35-31-25-18-16-14-12-10-8-6-2)49-59-53(56)46-42-38-34-30-27-23-20-21-24-28-32-36-40-44-50(3)4/h50-51H,5-49H2,1-4H3/t51-/m0/s1. The number of carbonyl (C=O) groups is 3. The number of ether oxygens (including phenoxy) is 3. The van der Waals surface area contributed by atoms with Crippen molar-refractivity contribution in [1.82, 2.24) is 0 Å². The zero-order valence-corrected chi connectivity index (χ0v) is 40.9. The summed E-state index contributed by atoms with van der Waals surface area (Å²) in [5, 5.41) is 0. The molecule has 6 nitrogen and oxygen atoms in total. The van der Waals surface area contributed by atoms with E-state index in [1.54, 1.807) is 0 Å². The van der Waals surface area contributed by atoms with Gasteiger partial charge in [0.1, 0.15) is 13.2 Å². The van der Waals surface area contributed by atoms with Gasteiger partial charge in [0.05, 0.1) is 0 Å². The lowest BCUT2D eigenvalue weighted by Crippen LogP contribution is -2.30. The van der Waals surface area contributed by atoms with Gasteiger partial charge < -0.3 is 14.2 Å². The molecular weight excluding hydrogens is 745 g/mol. The molecule has 0 aromatic heterocycles. The van der Waals surface area contributed by atoms with Crippen molar-refractivity contribution in [3.63, 3.8) is 0 Å². The van der Waals surface area contributed by atoms with Gasteiger partial charge in [0.2, 0.25) is 0 Å². The molecule has 0 aromatic carbocycles. The molecule has 0 aromatic rings. The van der Waals surface area contributed by atoms with Crippen LogP contribution in [0.15, 0.2) is 0 Å². The summed E-state index contributed by atoms with van der Waals surface area (Å²) in [6.45, 7) is 9.04. The molecule has 0 fully saturated rings. The maximum absolute atomic E-state index is 12.8. The molecule has 0 aliphatic rings. The maximum atomic E-state index is 12.8. The van der Waals surface area contributed by atoms with Crippen molar-refractivity contribution in [2.24, 2.45) is 5.92 Å². The second-order valence-corrected chi connectivity index (χ2v) is 19.0. The molecule has 0 aliphatic heterocycles. The van der Waals surface area contributed by atoms with Crippen molar-refractivity contribution in [2.45, 2.75) is 310 Å². The van der Waals surface area contributed by atoms with Gasteiger partial charge >= 0.3 is 17.9 Å². The van der Waals surface area contributed by atoms with Crippen molar-refractivity contribution in [3.05, 3.63) is 0 Å². The van der Waals surface area contributed by atoms with E-state index in [4.69, 9.17) is 14.2 Å². The molecule has 1 atom stereocenters. The Kier molecular flexibility index (Phi) is 47.2. The Labute approximate surface area is 374 Å². The van der Waals surface area contributed by atoms with E-state index in [9.17, 15) is 14.4 Å². The van der Waals surface area contributed by atoms with Crippen LogP contribution in [0.25, 0.3) is 0 Å². The normalized spacial score (nSPS) is 11.9. The van der Waals surface area contributed by atoms with Crippen LogP contribution in [0.2, 0.25) is 0 Å². The smallest absolute Gasteiger partial charge is 0.306 e. The Hall–Kier alpha value is -1.59. The highest BCUT2D eigenvalue weighted by Gasteiger charge is 2.19. The molecular formula is C54H104O6. The van der Waals surface area contributed by atoms with Crippen LogP contribution in [0.1, 0.15) is 304 Å². The first-order chi connectivity index (χ1) is 29.4. The van der Waals surface area contributed by atoms with E-state index in [1.807, 2.05) is 0 Å². The first-order valence-electron chi connectivity index (χ1n) is 26.9. The van der Waals surface area contributed by atoms with Gasteiger partial charge in [0, 0.05) is 19.3 Å². The predicted molar refractivity (Wildman–Crippen MR) is 257 cm³/mol. The Morgan fingerprint density at radius 1 is 0.317 bits per heavy atom. The average molecular weight is 849 g/mol. The number of unbranched alkanes of at least 4 members (excludes halogenated alkanes) is 36. The van der Waals surface area contributed by atoms with E-state index >= 15 is 0 Å². The highest BCUT2D eigenvalue weighted by molar-refractivity contribution is 5.71. The minimum Gasteiger partial charge on any atom is -0.462 e. The van der Waals surface area contributed by atoms with Crippen molar-refractivity contribution in [2.75, 3.05) is 13.2 Å². The van der Waals surface area contributed by atoms with Gasteiger partial charge in [-0.1, -0.05) is 265 Å². The van der Waals surface area contributed by atoms with Crippen LogP contribution >= 0.6 is 0 Å². The van der Waals surface area contributed by atoms with Gasteiger partial charge in [-0.3, -0.25) is 14.4 Å². The largest absolute Gasteiger partial charge is 0.462 e. The molecule has 0 unspecified atom stereocenters. The number of hydrogen-bond acceptors (Lipinski definition) is 6. The minimum atomic E-state index is -0.760. The van der Waals surface area contributed by atoms with E-state index in [-0.39, 0.29) is 31.1 Å². The fourth-order valence-electron chi connectivity index (χ4n) is 8.22. The van der Waals surface area contributed by atoms with Crippen LogP contribution in [0.4, 0.5) is 0 Å². The number of carbonyl (C=O) groups excluding carboxylic acids is 3. The topological polar surface area (TPSA) is 78.9 Å². The molecule has 0 radical (unpaired) electrons. The number of esters is 3. The van der Waals surface area contributed by atoms with Crippen molar-refractivity contribution < 1.29 is 28.6 Å². The Morgan fingerprint density at radius 2 is 0.550 bits per heavy atom. The summed E-state index contributed by atoms with van der Waals surface area (Å²) in [7, 11) is 0. The van der Waals surface area contributed by atoms with Gasteiger partial charge in [-0.05, 0) is 25.2 Å². The third-order valence-corrected chi connectivity index (χ3v) is 12.3. The summed E-state index contributed by atoms with van der Waals surface area (Å²) >= 11 is 0. The molecule has 0 rings (SSSR count). The van der Waals surface area contributed by atoms with E-state index < -0.39 is 6.10 Å². The molecule has 0 aliphatic carbocycles. The minimum absolute atomic E-state index is 0.0623. The molecule has 0 spiro atoms. The molecule has 0 saturated heterocycles. The highest BCUT2D eigenvalue weighted by atomic mass is 16.6. The quantitative estimate of drug-likeness (QED) is 0.0345. The van der Waals surface area contributed by atoms with Crippen LogP contribution in [-0.4, -0.2) is 37.2 Å². The lowest BCUT2D eigenvalue weighted by molar-refractivity contribution is -0.167. The predicted octanol–water partition coefficient (Wildman–Crippen LogP) is 17.5. The van der Waals surface area contributed by atoms with Crippen LogP contribution < -0.4 is 0 Å². The fraction of sp³-hybridized carbons (Fsp3) is 0.944. The average Bonchev–Trinajstić information content (AvgIpc) is 3.23. The van der Waals surface area contributed by atoms with Crippen LogP contribution in [-0.2, 0) is 28.6 Å². The van der Waals surface area contributed by atoms with E-state index in [1.165, 1.54) is 199 Å². The second-order valence-electron chi connectivity index (χ2n) is 19.0. The van der Waals surface area contributed by atoms with E-state index in [0.29, 0.717) is 19.3 Å². The van der Waals surface area contributed by atoms with Crippen molar-refractivity contribution in [1.29, 1.82) is 0 Å². The van der Waals surface area contributed by atoms with Crippen molar-refractivity contribution in [3.8, 4) is 0 Å². The fourth-order valence-corrected chi connectivity index (χ4v) is 8.22. The highest BCUT2D eigenvalue weighted by Crippen LogP contribution is 2.17. The van der Waals surface area contributed by atoms with E-state index in [2.05, 4.69) is 27.7 Å². The summed E-state index contributed by atoms with van der Waals surface area (Å²) in [6.07, 6.45) is 50.8. The monoisotopic (exact) mass is 849 g/mol. The zero-order chi connectivity index (χ0) is 43.8. The zero-order valence-electron chi connectivity index (χ0n) is 40.9. The third kappa shape index (κ3) is 47.5. The summed E-state index contributed by atoms with van der Waals surface area (Å²) in [5.41, 5.74) is 0. The Morgan fingerprint density at radius 3 is 0.817 bits per heavy atom. The van der Waals surface area contributed by atoms with Gasteiger partial charge in [0.15, 0.2) is 6.10 Å². The lowest BCUT2D eigenvalue weighted by atomic mass is 10.0. The molecule has 0 saturated carbocycles.